The minimum atomic E-state index is -1.20. The number of ether oxygens (including phenoxy) is 1. The van der Waals surface area contributed by atoms with Crippen molar-refractivity contribution in [3.05, 3.63) is 59.7 Å². The molecule has 3 rings (SSSR count). The number of benzene rings is 2. The number of nitrogens with zero attached hydrogens (tertiary/aromatic N) is 1. The van der Waals surface area contributed by atoms with Crippen LogP contribution in [0.25, 0.3) is 11.1 Å². The zero-order chi connectivity index (χ0) is 22.5. The van der Waals surface area contributed by atoms with Crippen LogP contribution < -0.4 is 5.32 Å². The van der Waals surface area contributed by atoms with E-state index in [1.54, 1.807) is 13.8 Å². The number of amides is 2. The molecule has 0 heterocycles. The first-order valence-electron chi connectivity index (χ1n) is 10.0. The van der Waals surface area contributed by atoms with Gasteiger partial charge in [-0.3, -0.25) is 9.63 Å². The number of rotatable bonds is 8. The predicted molar refractivity (Wildman–Crippen MR) is 113 cm³/mol. The molecule has 2 aromatic rings. The van der Waals surface area contributed by atoms with Gasteiger partial charge in [-0.2, -0.15) is 0 Å². The molecule has 1 atom stereocenters. The first kappa shape index (κ1) is 22.3. The van der Waals surface area contributed by atoms with Crippen LogP contribution in [0.15, 0.2) is 48.5 Å². The summed E-state index contributed by atoms with van der Waals surface area (Å²) < 4.78 is 5.49. The molecule has 2 aromatic carbocycles. The smallest absolute Gasteiger partial charge is 0.407 e. The lowest BCUT2D eigenvalue weighted by atomic mass is 9.98. The lowest BCUT2D eigenvalue weighted by molar-refractivity contribution is -0.188. The van der Waals surface area contributed by atoms with E-state index in [0.717, 1.165) is 27.3 Å². The van der Waals surface area contributed by atoms with Crippen LogP contribution in [0.3, 0.4) is 0 Å². The van der Waals surface area contributed by atoms with Gasteiger partial charge >= 0.3 is 12.1 Å². The highest BCUT2D eigenvalue weighted by Crippen LogP contribution is 2.44. The molecule has 0 fully saturated rings. The Morgan fingerprint density at radius 1 is 1.03 bits per heavy atom. The summed E-state index contributed by atoms with van der Waals surface area (Å²) in [4.78, 5) is 40.6. The molecule has 0 saturated carbocycles. The number of hydrogen-bond acceptors (Lipinski definition) is 5. The molecule has 0 bridgehead atoms. The maximum absolute atomic E-state index is 12.6. The molecule has 1 aliphatic rings. The van der Waals surface area contributed by atoms with E-state index in [1.165, 1.54) is 7.05 Å². The molecular formula is C23H26N2O6. The second-order valence-corrected chi connectivity index (χ2v) is 7.69. The Bertz CT molecular complexity index is 929. The summed E-state index contributed by atoms with van der Waals surface area (Å²) in [5, 5.41) is 12.1. The second kappa shape index (κ2) is 9.61. The van der Waals surface area contributed by atoms with Crippen molar-refractivity contribution in [1.29, 1.82) is 0 Å². The fourth-order valence-electron chi connectivity index (χ4n) is 3.69. The normalized spacial score (nSPS) is 13.3. The number of carbonyl (C=O) groups is 3. The monoisotopic (exact) mass is 426 g/mol. The van der Waals surface area contributed by atoms with Crippen LogP contribution in [-0.4, -0.2) is 54.4 Å². The average Bonchev–Trinajstić information content (AvgIpc) is 3.07. The molecule has 1 unspecified atom stereocenters. The van der Waals surface area contributed by atoms with Crippen molar-refractivity contribution in [3.8, 4) is 11.1 Å². The van der Waals surface area contributed by atoms with Crippen LogP contribution in [0.5, 0.6) is 0 Å². The van der Waals surface area contributed by atoms with Gasteiger partial charge in [0.05, 0.1) is 0 Å². The third-order valence-electron chi connectivity index (χ3n) is 5.24. The Hall–Kier alpha value is -3.39. The highest BCUT2D eigenvalue weighted by Gasteiger charge is 2.31. The maximum Gasteiger partial charge on any atom is 0.407 e. The zero-order valence-electron chi connectivity index (χ0n) is 17.7. The van der Waals surface area contributed by atoms with Gasteiger partial charge in [0.1, 0.15) is 12.6 Å². The molecule has 0 aliphatic heterocycles. The van der Waals surface area contributed by atoms with Crippen LogP contribution in [0.4, 0.5) is 4.79 Å². The van der Waals surface area contributed by atoms with E-state index in [2.05, 4.69) is 17.4 Å². The number of carboxylic acid groups (broad SMARTS) is 1. The van der Waals surface area contributed by atoms with Gasteiger partial charge in [0.2, 0.25) is 0 Å². The van der Waals surface area contributed by atoms with Crippen molar-refractivity contribution in [3.63, 3.8) is 0 Å². The molecule has 0 aromatic heterocycles. The topological polar surface area (TPSA) is 105 Å². The maximum atomic E-state index is 12.6. The summed E-state index contributed by atoms with van der Waals surface area (Å²) in [7, 11) is 1.31. The third kappa shape index (κ3) is 5.03. The second-order valence-electron chi connectivity index (χ2n) is 7.69. The molecule has 0 spiro atoms. The molecule has 2 N–H and O–H groups in total. The lowest BCUT2D eigenvalue weighted by Gasteiger charge is -2.26. The van der Waals surface area contributed by atoms with E-state index in [9.17, 15) is 14.4 Å². The fourth-order valence-corrected chi connectivity index (χ4v) is 3.69. The molecular weight excluding hydrogens is 400 g/mol. The summed E-state index contributed by atoms with van der Waals surface area (Å²) in [5.41, 5.74) is 4.43. The van der Waals surface area contributed by atoms with Gasteiger partial charge in [-0.1, -0.05) is 62.4 Å². The Kier molecular flexibility index (Phi) is 6.91. The number of carboxylic acids is 1. The molecule has 8 nitrogen and oxygen atoms in total. The van der Waals surface area contributed by atoms with Crippen LogP contribution in [-0.2, 0) is 19.2 Å². The highest BCUT2D eigenvalue weighted by atomic mass is 16.7. The van der Waals surface area contributed by atoms with E-state index in [0.29, 0.717) is 0 Å². The van der Waals surface area contributed by atoms with Gasteiger partial charge in [0.25, 0.3) is 5.91 Å². The molecule has 0 radical (unpaired) electrons. The summed E-state index contributed by atoms with van der Waals surface area (Å²) in [6.07, 6.45) is -0.722. The van der Waals surface area contributed by atoms with E-state index < -0.39 is 30.6 Å². The van der Waals surface area contributed by atoms with Crippen molar-refractivity contribution >= 4 is 18.0 Å². The van der Waals surface area contributed by atoms with Gasteiger partial charge in [-0.15, -0.1) is 0 Å². The third-order valence-corrected chi connectivity index (χ3v) is 5.24. The number of aliphatic carboxylic acids is 1. The molecule has 8 heteroatoms. The minimum absolute atomic E-state index is 0.0899. The first-order valence-corrected chi connectivity index (χ1v) is 10.0. The van der Waals surface area contributed by atoms with Crippen molar-refractivity contribution in [1.82, 2.24) is 10.4 Å². The summed E-state index contributed by atoms with van der Waals surface area (Å²) in [5.74, 6) is -2.12. The van der Waals surface area contributed by atoms with Gasteiger partial charge in [0, 0.05) is 13.0 Å². The van der Waals surface area contributed by atoms with E-state index >= 15 is 0 Å². The summed E-state index contributed by atoms with van der Waals surface area (Å²) in [6.45, 7) is 3.00. The van der Waals surface area contributed by atoms with Gasteiger partial charge in [0.15, 0.2) is 6.61 Å². The lowest BCUT2D eigenvalue weighted by Crippen LogP contribution is -2.50. The van der Waals surface area contributed by atoms with Crippen LogP contribution in [0, 0.1) is 5.92 Å². The van der Waals surface area contributed by atoms with Crippen molar-refractivity contribution < 1.29 is 29.1 Å². The Morgan fingerprint density at radius 3 is 2.10 bits per heavy atom. The largest absolute Gasteiger partial charge is 0.479 e. The van der Waals surface area contributed by atoms with E-state index in [-0.39, 0.29) is 18.4 Å². The summed E-state index contributed by atoms with van der Waals surface area (Å²) in [6, 6.07) is 15.1. The Balaban J connectivity index is 1.65. The number of alkyl carbamates (subject to hydrolysis) is 1. The van der Waals surface area contributed by atoms with Gasteiger partial charge < -0.3 is 15.2 Å². The number of hydrogen-bond donors (Lipinski definition) is 2. The quantitative estimate of drug-likeness (QED) is 0.629. The fraction of sp³-hybridized carbons (Fsp3) is 0.348. The summed E-state index contributed by atoms with van der Waals surface area (Å²) >= 11 is 0. The predicted octanol–water partition coefficient (Wildman–Crippen LogP) is 3.02. The molecule has 1 aliphatic carbocycles. The van der Waals surface area contributed by atoms with Gasteiger partial charge in [-0.05, 0) is 28.2 Å². The van der Waals surface area contributed by atoms with Crippen LogP contribution in [0.2, 0.25) is 0 Å². The van der Waals surface area contributed by atoms with Crippen LogP contribution >= 0.6 is 0 Å². The zero-order valence-corrected chi connectivity index (χ0v) is 17.7. The molecule has 164 valence electrons. The Labute approximate surface area is 180 Å². The standard InChI is InChI=1S/C23H26N2O6/c1-14(2)21(22(28)25(3)31-13-20(26)27)24-23(29)30-12-19-17-10-6-4-8-15(17)16-9-5-7-11-18(16)19/h4-11,14,19,21H,12-13H2,1-3H3,(H,24,29)(H,26,27). The molecule has 0 saturated heterocycles. The molecule has 31 heavy (non-hydrogen) atoms. The molecule has 2 amide bonds. The van der Waals surface area contributed by atoms with Crippen LogP contribution in [0.1, 0.15) is 30.9 Å². The van der Waals surface area contributed by atoms with Crippen molar-refractivity contribution in [2.45, 2.75) is 25.8 Å². The minimum Gasteiger partial charge on any atom is -0.479 e. The van der Waals surface area contributed by atoms with Crippen molar-refractivity contribution in [2.24, 2.45) is 5.92 Å². The van der Waals surface area contributed by atoms with Gasteiger partial charge in [-0.25, -0.2) is 14.7 Å². The number of nitrogens with one attached hydrogen (secondary N) is 1. The SMILES string of the molecule is CC(C)C(NC(=O)OCC1c2ccccc2-c2ccccc21)C(=O)N(C)OCC(=O)O. The highest BCUT2D eigenvalue weighted by molar-refractivity contribution is 5.85. The Morgan fingerprint density at radius 2 is 1.58 bits per heavy atom. The average molecular weight is 426 g/mol. The van der Waals surface area contributed by atoms with Crippen molar-refractivity contribution in [2.75, 3.05) is 20.3 Å². The van der Waals surface area contributed by atoms with E-state index in [1.807, 2.05) is 36.4 Å². The first-order chi connectivity index (χ1) is 14.8. The number of likely N-dealkylation sites (N-methyl/N-ethyl adjacent to an activating group) is 1. The number of fused-ring (bicyclic) bond motifs is 3. The van der Waals surface area contributed by atoms with E-state index in [4.69, 9.17) is 14.7 Å². The number of hydroxylamine groups is 2. The number of carbonyl (C=O) groups excluding carboxylic acids is 2.